The average Bonchev–Trinajstić information content (AvgIpc) is 2.89. The number of fused-ring (bicyclic) bond motifs is 1. The van der Waals surface area contributed by atoms with Gasteiger partial charge in [0.15, 0.2) is 0 Å². The fraction of sp³-hybridized carbons (Fsp3) is 0.125. The third-order valence-electron chi connectivity index (χ3n) is 3.48. The zero-order valence-electron chi connectivity index (χ0n) is 11.4. The largest absolute Gasteiger partial charge is 0.459 e. The minimum Gasteiger partial charge on any atom is -0.459 e. The van der Waals surface area contributed by atoms with Gasteiger partial charge in [-0.25, -0.2) is 5.43 Å². The Balaban J connectivity index is 2.13. The van der Waals surface area contributed by atoms with Gasteiger partial charge in [-0.3, -0.25) is 5.84 Å². The summed E-state index contributed by atoms with van der Waals surface area (Å²) < 4.78 is 5.96. The van der Waals surface area contributed by atoms with Crippen LogP contribution in [0.25, 0.3) is 11.0 Å². The zero-order chi connectivity index (χ0) is 15.0. The van der Waals surface area contributed by atoms with E-state index in [1.54, 1.807) is 18.2 Å². The molecule has 3 N–H and O–H groups in total. The van der Waals surface area contributed by atoms with Gasteiger partial charge in [0.2, 0.25) is 0 Å². The lowest BCUT2D eigenvalue weighted by Crippen LogP contribution is -2.28. The molecule has 0 saturated heterocycles. The van der Waals surface area contributed by atoms with E-state index in [1.807, 2.05) is 31.2 Å². The second-order valence-corrected chi connectivity index (χ2v) is 5.75. The third kappa shape index (κ3) is 2.65. The Kier molecular flexibility index (Phi) is 3.91. The van der Waals surface area contributed by atoms with Crippen molar-refractivity contribution in [2.45, 2.75) is 13.0 Å². The number of nitrogens with one attached hydrogen (secondary N) is 1. The molecule has 0 radical (unpaired) electrons. The molecule has 0 saturated carbocycles. The lowest BCUT2D eigenvalue weighted by atomic mass is 10.0. The highest BCUT2D eigenvalue weighted by Gasteiger charge is 2.20. The first-order valence-electron chi connectivity index (χ1n) is 6.50. The van der Waals surface area contributed by atoms with Gasteiger partial charge in [-0.15, -0.1) is 0 Å². The van der Waals surface area contributed by atoms with Crippen molar-refractivity contribution < 1.29 is 4.42 Å². The van der Waals surface area contributed by atoms with Gasteiger partial charge in [0, 0.05) is 15.4 Å². The Hall–Kier alpha value is -1.52. The molecule has 1 heterocycles. The molecule has 0 aliphatic rings. The van der Waals surface area contributed by atoms with Gasteiger partial charge >= 0.3 is 0 Å². The van der Waals surface area contributed by atoms with E-state index in [4.69, 9.17) is 33.5 Å². The molecule has 1 atom stereocenters. The quantitative estimate of drug-likeness (QED) is 0.547. The summed E-state index contributed by atoms with van der Waals surface area (Å²) in [5, 5.41) is 2.21. The topological polar surface area (TPSA) is 51.2 Å². The first kappa shape index (κ1) is 14.4. The molecule has 5 heteroatoms. The molecule has 0 amide bonds. The zero-order valence-corrected chi connectivity index (χ0v) is 12.9. The molecule has 0 aliphatic heterocycles. The Labute approximate surface area is 132 Å². The standard InChI is InChI=1S/C16H14Cl2N2O/c1-9-3-2-4-10-7-14(21-16(9)10)15(20-19)12-8-11(17)5-6-13(12)18/h2-8,15,20H,19H2,1H3. The van der Waals surface area contributed by atoms with Gasteiger partial charge < -0.3 is 4.42 Å². The molecule has 1 aromatic heterocycles. The van der Waals surface area contributed by atoms with E-state index in [-0.39, 0.29) is 6.04 Å². The van der Waals surface area contributed by atoms with Gasteiger partial charge in [-0.1, -0.05) is 41.4 Å². The summed E-state index contributed by atoms with van der Waals surface area (Å²) >= 11 is 12.3. The molecule has 0 bridgehead atoms. The molecule has 0 spiro atoms. The Morgan fingerprint density at radius 2 is 1.95 bits per heavy atom. The average molecular weight is 321 g/mol. The molecule has 3 nitrogen and oxygen atoms in total. The van der Waals surface area contributed by atoms with Crippen molar-refractivity contribution in [3.05, 3.63) is 69.4 Å². The molecule has 108 valence electrons. The van der Waals surface area contributed by atoms with E-state index < -0.39 is 0 Å². The van der Waals surface area contributed by atoms with E-state index in [2.05, 4.69) is 5.43 Å². The minimum absolute atomic E-state index is 0.358. The summed E-state index contributed by atoms with van der Waals surface area (Å²) in [5.41, 5.74) is 5.46. The summed E-state index contributed by atoms with van der Waals surface area (Å²) in [4.78, 5) is 0. The van der Waals surface area contributed by atoms with Crippen LogP contribution in [0.4, 0.5) is 0 Å². The number of hydrogen-bond acceptors (Lipinski definition) is 3. The highest BCUT2D eigenvalue weighted by Crippen LogP contribution is 2.33. The highest BCUT2D eigenvalue weighted by molar-refractivity contribution is 6.33. The second kappa shape index (κ2) is 5.70. The molecular weight excluding hydrogens is 307 g/mol. The monoisotopic (exact) mass is 320 g/mol. The lowest BCUT2D eigenvalue weighted by Gasteiger charge is -2.15. The molecule has 1 unspecified atom stereocenters. The summed E-state index contributed by atoms with van der Waals surface area (Å²) in [7, 11) is 0. The van der Waals surface area contributed by atoms with Crippen molar-refractivity contribution >= 4 is 34.2 Å². The van der Waals surface area contributed by atoms with Gasteiger partial charge in [-0.2, -0.15) is 0 Å². The number of halogens is 2. The number of aryl methyl sites for hydroxylation is 1. The van der Waals surface area contributed by atoms with E-state index in [0.29, 0.717) is 15.8 Å². The predicted octanol–water partition coefficient (Wildman–Crippen LogP) is 4.60. The van der Waals surface area contributed by atoms with Crippen molar-refractivity contribution in [1.29, 1.82) is 0 Å². The number of hydrazine groups is 1. The van der Waals surface area contributed by atoms with E-state index in [1.165, 1.54) is 0 Å². The molecule has 0 aliphatic carbocycles. The van der Waals surface area contributed by atoms with Crippen LogP contribution in [0.3, 0.4) is 0 Å². The lowest BCUT2D eigenvalue weighted by molar-refractivity contribution is 0.476. The second-order valence-electron chi connectivity index (χ2n) is 4.91. The van der Waals surface area contributed by atoms with E-state index in [0.717, 1.165) is 22.1 Å². The first-order valence-corrected chi connectivity index (χ1v) is 7.26. The summed E-state index contributed by atoms with van der Waals surface area (Å²) in [6.07, 6.45) is 0. The maximum Gasteiger partial charge on any atom is 0.137 e. The van der Waals surface area contributed by atoms with E-state index >= 15 is 0 Å². The van der Waals surface area contributed by atoms with Crippen LogP contribution in [-0.2, 0) is 0 Å². The summed E-state index contributed by atoms with van der Waals surface area (Å²) in [5.74, 6) is 6.40. The van der Waals surface area contributed by atoms with Crippen LogP contribution in [0.2, 0.25) is 10.0 Å². The number of furan rings is 1. The van der Waals surface area contributed by atoms with Crippen LogP contribution in [-0.4, -0.2) is 0 Å². The Morgan fingerprint density at radius 3 is 2.67 bits per heavy atom. The number of rotatable bonds is 3. The number of hydrogen-bond donors (Lipinski definition) is 2. The van der Waals surface area contributed by atoms with Crippen LogP contribution >= 0.6 is 23.2 Å². The molecule has 21 heavy (non-hydrogen) atoms. The van der Waals surface area contributed by atoms with Crippen molar-refractivity contribution in [2.75, 3.05) is 0 Å². The van der Waals surface area contributed by atoms with Gasteiger partial charge in [0.05, 0.1) is 0 Å². The maximum atomic E-state index is 6.25. The molecule has 3 aromatic rings. The van der Waals surface area contributed by atoms with Crippen LogP contribution < -0.4 is 11.3 Å². The van der Waals surface area contributed by atoms with Crippen LogP contribution in [0.15, 0.2) is 46.9 Å². The van der Waals surface area contributed by atoms with Crippen LogP contribution in [0.5, 0.6) is 0 Å². The highest BCUT2D eigenvalue weighted by atomic mass is 35.5. The molecule has 3 rings (SSSR count). The maximum absolute atomic E-state index is 6.25. The normalized spacial score (nSPS) is 12.8. The summed E-state index contributed by atoms with van der Waals surface area (Å²) in [6, 6.07) is 12.9. The SMILES string of the molecule is Cc1cccc2cc(C(NN)c3cc(Cl)ccc3Cl)oc12. The predicted molar refractivity (Wildman–Crippen MR) is 86.6 cm³/mol. The van der Waals surface area contributed by atoms with Crippen molar-refractivity contribution in [1.82, 2.24) is 5.43 Å². The van der Waals surface area contributed by atoms with Crippen LogP contribution in [0, 0.1) is 6.92 Å². The van der Waals surface area contributed by atoms with E-state index in [9.17, 15) is 0 Å². The van der Waals surface area contributed by atoms with Crippen molar-refractivity contribution in [2.24, 2.45) is 5.84 Å². The molecule has 2 aromatic carbocycles. The van der Waals surface area contributed by atoms with Gasteiger partial charge in [-0.05, 0) is 42.3 Å². The van der Waals surface area contributed by atoms with Crippen molar-refractivity contribution in [3.63, 3.8) is 0 Å². The molecule has 0 fully saturated rings. The Morgan fingerprint density at radius 1 is 1.14 bits per heavy atom. The Bertz CT molecular complexity index is 798. The fourth-order valence-electron chi connectivity index (χ4n) is 2.43. The fourth-order valence-corrected chi connectivity index (χ4v) is 2.84. The van der Waals surface area contributed by atoms with Crippen molar-refractivity contribution in [3.8, 4) is 0 Å². The van der Waals surface area contributed by atoms with Crippen LogP contribution in [0.1, 0.15) is 22.9 Å². The number of benzene rings is 2. The number of nitrogens with two attached hydrogens (primary N) is 1. The van der Waals surface area contributed by atoms with Gasteiger partial charge in [0.25, 0.3) is 0 Å². The summed E-state index contributed by atoms with van der Waals surface area (Å²) in [6.45, 7) is 2.01. The van der Waals surface area contributed by atoms with Gasteiger partial charge in [0.1, 0.15) is 17.4 Å². The first-order chi connectivity index (χ1) is 10.1. The minimum atomic E-state index is -0.358. The third-order valence-corrected chi connectivity index (χ3v) is 4.06. The molecular formula is C16H14Cl2N2O. The number of para-hydroxylation sites is 1. The smallest absolute Gasteiger partial charge is 0.137 e.